The highest BCUT2D eigenvalue weighted by atomic mass is 32.2. The maximum Gasteiger partial charge on any atom is 0.220 e. The number of tetrazole rings is 1. The zero-order valence-electron chi connectivity index (χ0n) is 11.5. The van der Waals surface area contributed by atoms with Crippen molar-refractivity contribution in [2.24, 2.45) is 0 Å². The van der Waals surface area contributed by atoms with E-state index >= 15 is 0 Å². The van der Waals surface area contributed by atoms with Crippen molar-refractivity contribution in [1.82, 2.24) is 30.5 Å². The molecule has 0 atom stereocenters. The molecule has 0 saturated carbocycles. The summed E-state index contributed by atoms with van der Waals surface area (Å²) >= 11 is 1.46. The number of pyridine rings is 1. The van der Waals surface area contributed by atoms with Gasteiger partial charge in [-0.15, -0.1) is 5.10 Å². The molecule has 0 bridgehead atoms. The number of nitrogens with one attached hydrogen (secondary N) is 1. The molecule has 0 radical (unpaired) electrons. The van der Waals surface area contributed by atoms with Gasteiger partial charge >= 0.3 is 0 Å². The van der Waals surface area contributed by atoms with Gasteiger partial charge in [0.1, 0.15) is 5.03 Å². The van der Waals surface area contributed by atoms with Gasteiger partial charge in [-0.3, -0.25) is 0 Å². The predicted octanol–water partition coefficient (Wildman–Crippen LogP) is 1.93. The molecule has 0 spiro atoms. The molecule has 0 saturated heterocycles. The Labute approximate surface area is 126 Å². The Kier molecular flexibility index (Phi) is 4.23. The average Bonchev–Trinajstić information content (AvgIpc) is 2.99. The van der Waals surface area contributed by atoms with E-state index in [-0.39, 0.29) is 0 Å². The molecule has 1 N–H and O–H groups in total. The van der Waals surface area contributed by atoms with Crippen LogP contribution in [0.2, 0.25) is 0 Å². The molecule has 2 aromatic heterocycles. The number of benzene rings is 1. The van der Waals surface area contributed by atoms with E-state index in [1.807, 2.05) is 49.5 Å². The molecule has 0 aliphatic heterocycles. The van der Waals surface area contributed by atoms with E-state index in [1.54, 1.807) is 10.9 Å². The molecule has 6 nitrogen and oxygen atoms in total. The molecule has 106 valence electrons. The molecule has 2 heterocycles. The third-order valence-corrected chi connectivity index (χ3v) is 3.84. The fourth-order valence-corrected chi connectivity index (χ4v) is 2.76. The standard InChI is InChI=1S/C14H14N6S/c1-15-10-11-6-5-9-16-13(11)21-14-17-18-19-20(14)12-7-3-2-4-8-12/h2-9,15H,10H2,1H3. The largest absolute Gasteiger partial charge is 0.316 e. The molecular weight excluding hydrogens is 284 g/mol. The molecule has 7 heteroatoms. The van der Waals surface area contributed by atoms with Crippen molar-refractivity contribution in [2.45, 2.75) is 16.7 Å². The average molecular weight is 298 g/mol. The first kappa shape index (κ1) is 13.7. The summed E-state index contributed by atoms with van der Waals surface area (Å²) < 4.78 is 1.71. The molecule has 1 aromatic carbocycles. The van der Waals surface area contributed by atoms with Crippen LogP contribution in [0.5, 0.6) is 0 Å². The molecule has 0 aliphatic carbocycles. The highest BCUT2D eigenvalue weighted by Gasteiger charge is 2.13. The number of para-hydroxylation sites is 1. The fraction of sp³-hybridized carbons (Fsp3) is 0.143. The molecule has 0 unspecified atom stereocenters. The van der Waals surface area contributed by atoms with Gasteiger partial charge < -0.3 is 5.32 Å². The van der Waals surface area contributed by atoms with Gasteiger partial charge in [-0.25, -0.2) is 4.98 Å². The van der Waals surface area contributed by atoms with Gasteiger partial charge in [-0.2, -0.15) is 4.68 Å². The fourth-order valence-electron chi connectivity index (χ4n) is 1.90. The van der Waals surface area contributed by atoms with Crippen LogP contribution in [0, 0.1) is 0 Å². The molecule has 0 fully saturated rings. The van der Waals surface area contributed by atoms with Crippen molar-refractivity contribution >= 4 is 11.8 Å². The van der Waals surface area contributed by atoms with Crippen molar-refractivity contribution in [3.05, 3.63) is 54.2 Å². The minimum Gasteiger partial charge on any atom is -0.316 e. The van der Waals surface area contributed by atoms with Gasteiger partial charge in [-0.1, -0.05) is 24.3 Å². The minimum absolute atomic E-state index is 0.692. The smallest absolute Gasteiger partial charge is 0.220 e. The Morgan fingerprint density at radius 3 is 2.81 bits per heavy atom. The lowest BCUT2D eigenvalue weighted by atomic mass is 10.3. The van der Waals surface area contributed by atoms with Crippen molar-refractivity contribution in [3.8, 4) is 5.69 Å². The van der Waals surface area contributed by atoms with E-state index in [1.165, 1.54) is 11.8 Å². The number of aromatic nitrogens is 5. The summed E-state index contributed by atoms with van der Waals surface area (Å²) in [5, 5.41) is 16.6. The Bertz CT molecular complexity index is 712. The summed E-state index contributed by atoms with van der Waals surface area (Å²) in [6, 6.07) is 13.8. The Morgan fingerprint density at radius 1 is 1.14 bits per heavy atom. The van der Waals surface area contributed by atoms with Crippen LogP contribution in [0.1, 0.15) is 5.56 Å². The second kappa shape index (κ2) is 6.47. The lowest BCUT2D eigenvalue weighted by Crippen LogP contribution is -2.07. The SMILES string of the molecule is CNCc1cccnc1Sc1nnnn1-c1ccccc1. The molecule has 3 aromatic rings. The molecule has 0 aliphatic rings. The first-order valence-corrected chi connectivity index (χ1v) is 7.30. The van der Waals surface area contributed by atoms with Gasteiger partial charge in [0.2, 0.25) is 5.16 Å². The first-order valence-electron chi connectivity index (χ1n) is 6.48. The second-order valence-corrected chi connectivity index (χ2v) is 5.26. The Balaban J connectivity index is 1.92. The monoisotopic (exact) mass is 298 g/mol. The number of nitrogens with zero attached hydrogens (tertiary/aromatic N) is 5. The van der Waals surface area contributed by atoms with Crippen LogP contribution < -0.4 is 5.32 Å². The summed E-state index contributed by atoms with van der Waals surface area (Å²) in [6.07, 6.45) is 1.78. The van der Waals surface area contributed by atoms with Gasteiger partial charge in [0.25, 0.3) is 0 Å². The summed E-state index contributed by atoms with van der Waals surface area (Å²) in [4.78, 5) is 4.42. The quantitative estimate of drug-likeness (QED) is 0.776. The van der Waals surface area contributed by atoms with Crippen LogP contribution in [0.3, 0.4) is 0 Å². The van der Waals surface area contributed by atoms with Crippen LogP contribution in [0.25, 0.3) is 5.69 Å². The normalized spacial score (nSPS) is 10.7. The third kappa shape index (κ3) is 3.09. The van der Waals surface area contributed by atoms with Gasteiger partial charge in [0, 0.05) is 12.7 Å². The highest BCUT2D eigenvalue weighted by Crippen LogP contribution is 2.27. The van der Waals surface area contributed by atoms with Gasteiger partial charge in [0.05, 0.1) is 5.69 Å². The maximum atomic E-state index is 4.42. The van der Waals surface area contributed by atoms with E-state index in [4.69, 9.17) is 0 Å². The summed E-state index contributed by atoms with van der Waals surface area (Å²) in [7, 11) is 1.91. The molecule has 21 heavy (non-hydrogen) atoms. The molecule has 3 rings (SSSR count). The molecule has 0 amide bonds. The predicted molar refractivity (Wildman–Crippen MR) is 80.3 cm³/mol. The van der Waals surface area contributed by atoms with Crippen LogP contribution >= 0.6 is 11.8 Å². The second-order valence-electron chi connectivity index (χ2n) is 4.31. The van der Waals surface area contributed by atoms with Crippen molar-refractivity contribution < 1.29 is 0 Å². The lowest BCUT2D eigenvalue weighted by Gasteiger charge is -2.07. The van der Waals surface area contributed by atoms with Gasteiger partial charge in [-0.05, 0) is 53.0 Å². The van der Waals surface area contributed by atoms with Crippen LogP contribution in [0.15, 0.2) is 58.8 Å². The van der Waals surface area contributed by atoms with E-state index in [9.17, 15) is 0 Å². The van der Waals surface area contributed by atoms with Crippen LogP contribution in [-0.2, 0) is 6.54 Å². The summed E-state index contributed by atoms with van der Waals surface area (Å²) in [5.74, 6) is 0. The Hall–Kier alpha value is -2.25. The van der Waals surface area contributed by atoms with E-state index in [0.29, 0.717) is 5.16 Å². The number of hydrogen-bond acceptors (Lipinski definition) is 6. The maximum absolute atomic E-state index is 4.42. The molecular formula is C14H14N6S. The number of rotatable bonds is 5. The highest BCUT2D eigenvalue weighted by molar-refractivity contribution is 7.99. The third-order valence-electron chi connectivity index (χ3n) is 2.85. The van der Waals surface area contributed by atoms with Gasteiger partial charge in [0.15, 0.2) is 0 Å². The summed E-state index contributed by atoms with van der Waals surface area (Å²) in [5.41, 5.74) is 2.05. The van der Waals surface area contributed by atoms with E-state index in [0.717, 1.165) is 22.8 Å². The summed E-state index contributed by atoms with van der Waals surface area (Å²) in [6.45, 7) is 0.753. The van der Waals surface area contributed by atoms with Crippen LogP contribution in [0.4, 0.5) is 0 Å². The first-order chi connectivity index (χ1) is 10.4. The lowest BCUT2D eigenvalue weighted by molar-refractivity contribution is 0.753. The topological polar surface area (TPSA) is 68.5 Å². The zero-order valence-corrected chi connectivity index (χ0v) is 12.3. The zero-order chi connectivity index (χ0) is 14.5. The van der Waals surface area contributed by atoms with Crippen molar-refractivity contribution in [2.75, 3.05) is 7.05 Å². The van der Waals surface area contributed by atoms with Crippen molar-refractivity contribution in [3.63, 3.8) is 0 Å². The van der Waals surface area contributed by atoms with Crippen LogP contribution in [-0.4, -0.2) is 32.2 Å². The number of hydrogen-bond donors (Lipinski definition) is 1. The van der Waals surface area contributed by atoms with E-state index < -0.39 is 0 Å². The Morgan fingerprint density at radius 2 is 2.00 bits per heavy atom. The van der Waals surface area contributed by atoms with Crippen molar-refractivity contribution in [1.29, 1.82) is 0 Å². The minimum atomic E-state index is 0.692. The van der Waals surface area contributed by atoms with E-state index in [2.05, 4.69) is 25.8 Å².